The first-order valence-electron chi connectivity index (χ1n) is 5.56. The van der Waals surface area contributed by atoms with Gasteiger partial charge in [0.05, 0.1) is 5.69 Å². The van der Waals surface area contributed by atoms with Crippen molar-refractivity contribution in [1.82, 2.24) is 9.78 Å². The fraction of sp³-hybridized carbons (Fsp3) is 0.750. The lowest BCUT2D eigenvalue weighted by Gasteiger charge is -2.29. The molecule has 0 radical (unpaired) electrons. The van der Waals surface area contributed by atoms with Crippen LogP contribution in [0.1, 0.15) is 32.0 Å². The molecule has 0 bridgehead atoms. The second-order valence-electron chi connectivity index (χ2n) is 5.43. The summed E-state index contributed by atoms with van der Waals surface area (Å²) in [6.45, 7) is 8.53. The first kappa shape index (κ1) is 13.5. The Kier molecular flexibility index (Phi) is 4.02. The Labute approximate surface area is 102 Å². The molecule has 1 rings (SSSR count). The smallest absolute Gasteiger partial charge is 0.130 e. The lowest BCUT2D eigenvalue weighted by Crippen LogP contribution is -2.26. The van der Waals surface area contributed by atoms with Crippen LogP contribution in [0.3, 0.4) is 0 Å². The SMILES string of the molecule is Cc1nn(C)c(Cl)c1CC(CO)C(C)(C)C. The van der Waals surface area contributed by atoms with E-state index in [4.69, 9.17) is 11.6 Å². The second-order valence-corrected chi connectivity index (χ2v) is 5.79. The summed E-state index contributed by atoms with van der Waals surface area (Å²) in [6.07, 6.45) is 0.776. The maximum Gasteiger partial charge on any atom is 0.130 e. The number of rotatable bonds is 3. The summed E-state index contributed by atoms with van der Waals surface area (Å²) in [5.74, 6) is 0.202. The molecule has 0 saturated carbocycles. The molecular formula is C12H21ClN2O. The molecule has 92 valence electrons. The largest absolute Gasteiger partial charge is 0.396 e. The molecule has 0 aliphatic carbocycles. The number of nitrogens with zero attached hydrogens (tertiary/aromatic N) is 2. The minimum atomic E-state index is 0.0698. The summed E-state index contributed by atoms with van der Waals surface area (Å²) in [7, 11) is 1.84. The van der Waals surface area contributed by atoms with Crippen LogP contribution < -0.4 is 0 Å². The highest BCUT2D eigenvalue weighted by Gasteiger charge is 2.26. The van der Waals surface area contributed by atoms with Crippen molar-refractivity contribution >= 4 is 11.6 Å². The number of hydrogen-bond acceptors (Lipinski definition) is 2. The minimum Gasteiger partial charge on any atom is -0.396 e. The summed E-state index contributed by atoms with van der Waals surface area (Å²) < 4.78 is 1.68. The van der Waals surface area contributed by atoms with Crippen LogP contribution in [0.2, 0.25) is 5.15 Å². The number of aryl methyl sites for hydroxylation is 2. The Balaban J connectivity index is 2.95. The van der Waals surface area contributed by atoms with E-state index in [1.165, 1.54) is 0 Å². The number of halogens is 1. The highest BCUT2D eigenvalue weighted by Crippen LogP contribution is 2.31. The van der Waals surface area contributed by atoms with Crippen molar-refractivity contribution in [3.05, 3.63) is 16.4 Å². The van der Waals surface area contributed by atoms with Crippen molar-refractivity contribution in [2.24, 2.45) is 18.4 Å². The molecule has 0 aromatic carbocycles. The predicted molar refractivity (Wildman–Crippen MR) is 66.7 cm³/mol. The molecule has 1 unspecified atom stereocenters. The minimum absolute atomic E-state index is 0.0698. The van der Waals surface area contributed by atoms with Crippen molar-refractivity contribution in [3.8, 4) is 0 Å². The summed E-state index contributed by atoms with van der Waals surface area (Å²) in [5.41, 5.74) is 2.08. The van der Waals surface area contributed by atoms with Gasteiger partial charge >= 0.3 is 0 Å². The highest BCUT2D eigenvalue weighted by atomic mass is 35.5. The van der Waals surface area contributed by atoms with Crippen LogP contribution in [0.4, 0.5) is 0 Å². The van der Waals surface area contributed by atoms with Crippen molar-refractivity contribution in [2.45, 2.75) is 34.1 Å². The van der Waals surface area contributed by atoms with Crippen molar-refractivity contribution in [2.75, 3.05) is 6.61 Å². The van der Waals surface area contributed by atoms with Crippen LogP contribution in [0.15, 0.2) is 0 Å². The molecule has 3 nitrogen and oxygen atoms in total. The summed E-state index contributed by atoms with van der Waals surface area (Å²) in [6, 6.07) is 0. The van der Waals surface area contributed by atoms with Crippen molar-refractivity contribution < 1.29 is 5.11 Å². The average molecular weight is 245 g/mol. The Morgan fingerprint density at radius 2 is 2.00 bits per heavy atom. The zero-order valence-electron chi connectivity index (χ0n) is 10.7. The number of aliphatic hydroxyl groups excluding tert-OH is 1. The first-order chi connectivity index (χ1) is 7.27. The standard InChI is InChI=1S/C12H21ClN2O/c1-8-10(11(13)15(5)14-8)6-9(7-16)12(2,3)4/h9,16H,6-7H2,1-5H3. The molecule has 0 spiro atoms. The van der Waals surface area contributed by atoms with Gasteiger partial charge in [0, 0.05) is 19.2 Å². The lowest BCUT2D eigenvalue weighted by atomic mass is 9.78. The third-order valence-corrected chi connectivity index (χ3v) is 3.64. The van der Waals surface area contributed by atoms with E-state index in [-0.39, 0.29) is 17.9 Å². The highest BCUT2D eigenvalue weighted by molar-refractivity contribution is 6.30. The molecule has 16 heavy (non-hydrogen) atoms. The molecule has 0 fully saturated rings. The molecule has 0 saturated heterocycles. The van der Waals surface area contributed by atoms with Gasteiger partial charge < -0.3 is 5.11 Å². The van der Waals surface area contributed by atoms with Gasteiger partial charge in [-0.3, -0.25) is 4.68 Å². The number of aromatic nitrogens is 2. The molecule has 0 aliphatic rings. The van der Waals surface area contributed by atoms with Gasteiger partial charge in [-0.25, -0.2) is 0 Å². The Bertz CT molecular complexity index is 366. The van der Waals surface area contributed by atoms with Crippen molar-refractivity contribution in [1.29, 1.82) is 0 Å². The van der Waals surface area contributed by atoms with E-state index in [1.807, 2.05) is 14.0 Å². The van der Waals surface area contributed by atoms with Crippen molar-refractivity contribution in [3.63, 3.8) is 0 Å². The van der Waals surface area contributed by atoms with Crippen LogP contribution in [-0.4, -0.2) is 21.5 Å². The van der Waals surface area contributed by atoms with Gasteiger partial charge in [-0.2, -0.15) is 5.10 Å². The van der Waals surface area contributed by atoms with Crippen LogP contribution in [0, 0.1) is 18.3 Å². The second kappa shape index (κ2) is 4.76. The van der Waals surface area contributed by atoms with E-state index in [2.05, 4.69) is 25.9 Å². The summed E-state index contributed by atoms with van der Waals surface area (Å²) >= 11 is 6.18. The normalized spacial score (nSPS) is 14.2. The van der Waals surface area contributed by atoms with Gasteiger partial charge in [0.2, 0.25) is 0 Å². The van der Waals surface area contributed by atoms with Crippen LogP contribution in [0.5, 0.6) is 0 Å². The quantitative estimate of drug-likeness (QED) is 0.888. The van der Waals surface area contributed by atoms with E-state index < -0.39 is 0 Å². The Morgan fingerprint density at radius 3 is 2.31 bits per heavy atom. The predicted octanol–water partition coefficient (Wildman–Crippen LogP) is 2.58. The van der Waals surface area contributed by atoms with Gasteiger partial charge in [-0.15, -0.1) is 0 Å². The Hall–Kier alpha value is -0.540. The van der Waals surface area contributed by atoms with Crippen LogP contribution in [-0.2, 0) is 13.5 Å². The molecule has 1 aromatic heterocycles. The molecule has 1 N–H and O–H groups in total. The van der Waals surface area contributed by atoms with Crippen LogP contribution in [0.25, 0.3) is 0 Å². The van der Waals surface area contributed by atoms with Crippen LogP contribution >= 0.6 is 11.6 Å². The third kappa shape index (κ3) is 2.77. The zero-order chi connectivity index (χ0) is 12.5. The topological polar surface area (TPSA) is 38.0 Å². The number of aliphatic hydroxyl groups is 1. The molecule has 0 amide bonds. The number of hydrogen-bond donors (Lipinski definition) is 1. The van der Waals surface area contributed by atoms with Gasteiger partial charge in [0.15, 0.2) is 0 Å². The zero-order valence-corrected chi connectivity index (χ0v) is 11.5. The van der Waals surface area contributed by atoms with E-state index in [1.54, 1.807) is 4.68 Å². The van der Waals surface area contributed by atoms with E-state index >= 15 is 0 Å². The maximum atomic E-state index is 9.44. The molecule has 1 aromatic rings. The fourth-order valence-electron chi connectivity index (χ4n) is 1.80. The third-order valence-electron chi connectivity index (χ3n) is 3.17. The molecular weight excluding hydrogens is 224 g/mol. The maximum absolute atomic E-state index is 9.44. The monoisotopic (exact) mass is 244 g/mol. The van der Waals surface area contributed by atoms with Gasteiger partial charge in [-0.05, 0) is 24.7 Å². The molecule has 1 heterocycles. The van der Waals surface area contributed by atoms with E-state index in [9.17, 15) is 5.11 Å². The van der Waals surface area contributed by atoms with E-state index in [0.29, 0.717) is 5.15 Å². The van der Waals surface area contributed by atoms with Gasteiger partial charge in [-0.1, -0.05) is 32.4 Å². The van der Waals surface area contributed by atoms with Gasteiger partial charge in [0.25, 0.3) is 0 Å². The Morgan fingerprint density at radius 1 is 1.44 bits per heavy atom. The summed E-state index contributed by atoms with van der Waals surface area (Å²) in [5, 5.41) is 14.4. The molecule has 1 atom stereocenters. The molecule has 0 aliphatic heterocycles. The summed E-state index contributed by atoms with van der Waals surface area (Å²) in [4.78, 5) is 0. The lowest BCUT2D eigenvalue weighted by molar-refractivity contribution is 0.131. The van der Waals surface area contributed by atoms with Gasteiger partial charge in [0.1, 0.15) is 5.15 Å². The first-order valence-corrected chi connectivity index (χ1v) is 5.94. The fourth-order valence-corrected chi connectivity index (χ4v) is 2.05. The molecule has 4 heteroatoms. The van der Waals surface area contributed by atoms with E-state index in [0.717, 1.165) is 17.7 Å². The average Bonchev–Trinajstić information content (AvgIpc) is 2.37.